The van der Waals surface area contributed by atoms with E-state index >= 15 is 0 Å². The molecule has 0 saturated heterocycles. The van der Waals surface area contributed by atoms with Gasteiger partial charge in [0.15, 0.2) is 0 Å². The number of nitrogens with zero attached hydrogens (tertiary/aromatic N) is 1. The van der Waals surface area contributed by atoms with E-state index in [1.54, 1.807) is 18.2 Å². The van der Waals surface area contributed by atoms with Crippen molar-refractivity contribution >= 4 is 5.91 Å². The van der Waals surface area contributed by atoms with E-state index in [2.05, 4.69) is 4.98 Å². The maximum absolute atomic E-state index is 10.6. The fourth-order valence-corrected chi connectivity index (χ4v) is 1.07. The molecule has 14 heavy (non-hydrogen) atoms. The van der Waals surface area contributed by atoms with Crippen molar-refractivity contribution in [1.29, 1.82) is 0 Å². The SMILES string of the molecule is COc1cccc([C@H](N)CC(N)=O)n1. The molecule has 0 saturated carbocycles. The number of pyridine rings is 1. The summed E-state index contributed by atoms with van der Waals surface area (Å²) in [4.78, 5) is 14.7. The molecule has 0 aliphatic rings. The van der Waals surface area contributed by atoms with Gasteiger partial charge in [-0.15, -0.1) is 0 Å². The summed E-state index contributed by atoms with van der Waals surface area (Å²) >= 11 is 0. The van der Waals surface area contributed by atoms with E-state index in [0.29, 0.717) is 11.6 Å². The lowest BCUT2D eigenvalue weighted by Crippen LogP contribution is -2.21. The van der Waals surface area contributed by atoms with Crippen LogP contribution in [0.5, 0.6) is 5.88 Å². The first-order valence-corrected chi connectivity index (χ1v) is 4.18. The van der Waals surface area contributed by atoms with Crippen LogP contribution < -0.4 is 16.2 Å². The normalized spacial score (nSPS) is 12.1. The molecule has 1 rings (SSSR count). The molecular weight excluding hydrogens is 182 g/mol. The summed E-state index contributed by atoms with van der Waals surface area (Å²) in [6, 6.07) is 4.74. The fraction of sp³-hybridized carbons (Fsp3) is 0.333. The van der Waals surface area contributed by atoms with Gasteiger partial charge in [-0.3, -0.25) is 4.79 Å². The second-order valence-corrected chi connectivity index (χ2v) is 2.88. The minimum absolute atomic E-state index is 0.0835. The van der Waals surface area contributed by atoms with Crippen LogP contribution in [0, 0.1) is 0 Å². The fourth-order valence-electron chi connectivity index (χ4n) is 1.07. The average molecular weight is 195 g/mol. The third-order valence-corrected chi connectivity index (χ3v) is 1.76. The largest absolute Gasteiger partial charge is 0.481 e. The minimum Gasteiger partial charge on any atom is -0.481 e. The Labute approximate surface area is 82.1 Å². The molecule has 0 bridgehead atoms. The van der Waals surface area contributed by atoms with Gasteiger partial charge in [0.2, 0.25) is 11.8 Å². The summed E-state index contributed by atoms with van der Waals surface area (Å²) in [6.07, 6.45) is 0.0835. The molecule has 0 aliphatic carbocycles. The molecule has 0 aliphatic heterocycles. The summed E-state index contributed by atoms with van der Waals surface area (Å²) in [6.45, 7) is 0. The van der Waals surface area contributed by atoms with Gasteiger partial charge in [-0.05, 0) is 6.07 Å². The van der Waals surface area contributed by atoms with Crippen LogP contribution in [0.15, 0.2) is 18.2 Å². The van der Waals surface area contributed by atoms with Crippen LogP contribution in [0.25, 0.3) is 0 Å². The van der Waals surface area contributed by atoms with E-state index in [9.17, 15) is 4.79 Å². The molecule has 0 radical (unpaired) electrons. The van der Waals surface area contributed by atoms with Gasteiger partial charge in [0.1, 0.15) is 0 Å². The van der Waals surface area contributed by atoms with Crippen molar-refractivity contribution in [3.8, 4) is 5.88 Å². The zero-order valence-electron chi connectivity index (χ0n) is 7.93. The van der Waals surface area contributed by atoms with Gasteiger partial charge in [0.05, 0.1) is 18.8 Å². The number of ether oxygens (including phenoxy) is 1. The lowest BCUT2D eigenvalue weighted by molar-refractivity contribution is -0.118. The molecule has 76 valence electrons. The number of amides is 1. The first-order valence-electron chi connectivity index (χ1n) is 4.18. The molecule has 0 aromatic carbocycles. The predicted octanol–water partition coefficient (Wildman–Crippen LogP) is -0.0346. The van der Waals surface area contributed by atoms with Gasteiger partial charge >= 0.3 is 0 Å². The zero-order chi connectivity index (χ0) is 10.6. The van der Waals surface area contributed by atoms with Crippen molar-refractivity contribution in [2.45, 2.75) is 12.5 Å². The van der Waals surface area contributed by atoms with Crippen molar-refractivity contribution in [3.05, 3.63) is 23.9 Å². The number of hydrogen-bond donors (Lipinski definition) is 2. The van der Waals surface area contributed by atoms with Crippen molar-refractivity contribution in [1.82, 2.24) is 4.98 Å². The molecule has 0 fully saturated rings. The lowest BCUT2D eigenvalue weighted by atomic mass is 10.1. The van der Waals surface area contributed by atoms with Crippen molar-refractivity contribution < 1.29 is 9.53 Å². The third-order valence-electron chi connectivity index (χ3n) is 1.76. The molecule has 0 spiro atoms. The predicted molar refractivity (Wildman–Crippen MR) is 51.5 cm³/mol. The standard InChI is InChI=1S/C9H13N3O2/c1-14-9-4-2-3-7(12-9)6(10)5-8(11)13/h2-4,6H,5,10H2,1H3,(H2,11,13)/t6-/m1/s1. The summed E-state index contributed by atoms with van der Waals surface area (Å²) in [5.41, 5.74) is 11.3. The van der Waals surface area contributed by atoms with E-state index < -0.39 is 11.9 Å². The second-order valence-electron chi connectivity index (χ2n) is 2.88. The number of rotatable bonds is 4. The van der Waals surface area contributed by atoms with Crippen molar-refractivity contribution in [3.63, 3.8) is 0 Å². The third kappa shape index (κ3) is 2.70. The Kier molecular flexibility index (Phi) is 3.41. The summed E-state index contributed by atoms with van der Waals surface area (Å²) in [5, 5.41) is 0. The van der Waals surface area contributed by atoms with E-state index in [1.807, 2.05) is 0 Å². The van der Waals surface area contributed by atoms with Gasteiger partial charge in [-0.2, -0.15) is 0 Å². The Balaban J connectivity index is 2.78. The number of aromatic nitrogens is 1. The number of hydrogen-bond acceptors (Lipinski definition) is 4. The van der Waals surface area contributed by atoms with E-state index in [-0.39, 0.29) is 6.42 Å². The highest BCUT2D eigenvalue weighted by Gasteiger charge is 2.10. The maximum atomic E-state index is 10.6. The van der Waals surface area contributed by atoms with Crippen molar-refractivity contribution in [2.24, 2.45) is 11.5 Å². The molecule has 5 heteroatoms. The molecule has 1 atom stereocenters. The number of carbonyl (C=O) groups is 1. The summed E-state index contributed by atoms with van der Waals surface area (Å²) in [7, 11) is 1.52. The number of primary amides is 1. The Morgan fingerprint density at radius 1 is 1.64 bits per heavy atom. The maximum Gasteiger partial charge on any atom is 0.219 e. The van der Waals surface area contributed by atoms with Crippen molar-refractivity contribution in [2.75, 3.05) is 7.11 Å². The minimum atomic E-state index is -0.470. The van der Waals surface area contributed by atoms with Crippen LogP contribution in [0.3, 0.4) is 0 Å². The lowest BCUT2D eigenvalue weighted by Gasteiger charge is -2.09. The second kappa shape index (κ2) is 4.57. The molecule has 4 N–H and O–H groups in total. The molecule has 5 nitrogen and oxygen atoms in total. The van der Waals surface area contributed by atoms with E-state index in [0.717, 1.165) is 0 Å². The van der Waals surface area contributed by atoms with Gasteiger partial charge in [0, 0.05) is 12.5 Å². The van der Waals surface area contributed by atoms with E-state index in [1.165, 1.54) is 7.11 Å². The van der Waals surface area contributed by atoms with Crippen LogP contribution in [0.2, 0.25) is 0 Å². The highest BCUT2D eigenvalue weighted by atomic mass is 16.5. The van der Waals surface area contributed by atoms with Gasteiger partial charge < -0.3 is 16.2 Å². The Morgan fingerprint density at radius 2 is 2.36 bits per heavy atom. The molecule has 1 aromatic rings. The first kappa shape index (κ1) is 10.5. The quantitative estimate of drug-likeness (QED) is 0.705. The molecule has 1 heterocycles. The number of carbonyl (C=O) groups excluding carboxylic acids is 1. The summed E-state index contributed by atoms with van der Waals surface area (Å²) in [5.74, 6) is 0.0320. The first-order chi connectivity index (χ1) is 6.63. The average Bonchev–Trinajstić information content (AvgIpc) is 2.17. The van der Waals surface area contributed by atoms with Crippen LogP contribution in [-0.2, 0) is 4.79 Å². The van der Waals surface area contributed by atoms with E-state index in [4.69, 9.17) is 16.2 Å². The molecule has 1 aromatic heterocycles. The van der Waals surface area contributed by atoms with Crippen LogP contribution in [0.4, 0.5) is 0 Å². The Morgan fingerprint density at radius 3 is 2.93 bits per heavy atom. The summed E-state index contributed by atoms with van der Waals surface area (Å²) < 4.78 is 4.93. The number of methoxy groups -OCH3 is 1. The zero-order valence-corrected chi connectivity index (χ0v) is 7.93. The monoisotopic (exact) mass is 195 g/mol. The van der Waals surface area contributed by atoms with Gasteiger partial charge in [-0.25, -0.2) is 4.98 Å². The highest BCUT2D eigenvalue weighted by molar-refractivity contribution is 5.74. The Hall–Kier alpha value is -1.62. The van der Waals surface area contributed by atoms with Crippen LogP contribution >= 0.6 is 0 Å². The van der Waals surface area contributed by atoms with Crippen LogP contribution in [-0.4, -0.2) is 18.0 Å². The smallest absolute Gasteiger partial charge is 0.219 e. The molecule has 0 unspecified atom stereocenters. The topological polar surface area (TPSA) is 91.2 Å². The van der Waals surface area contributed by atoms with Gasteiger partial charge in [-0.1, -0.05) is 6.07 Å². The Bertz CT molecular complexity index is 328. The van der Waals surface area contributed by atoms with Crippen LogP contribution in [0.1, 0.15) is 18.2 Å². The number of nitrogens with two attached hydrogens (primary N) is 2. The highest BCUT2D eigenvalue weighted by Crippen LogP contribution is 2.14. The molecule has 1 amide bonds. The van der Waals surface area contributed by atoms with Gasteiger partial charge in [0.25, 0.3) is 0 Å². The molecular formula is C9H13N3O2.